The van der Waals surface area contributed by atoms with E-state index >= 15 is 0 Å². The summed E-state index contributed by atoms with van der Waals surface area (Å²) in [6.07, 6.45) is 2.85. The molecule has 0 aliphatic rings. The van der Waals surface area contributed by atoms with Crippen molar-refractivity contribution in [3.8, 4) is 0 Å². The molecule has 1 aromatic carbocycles. The highest BCUT2D eigenvalue weighted by Gasteiger charge is 2.20. The number of carbonyl (C=O) groups is 1. The lowest BCUT2D eigenvalue weighted by Crippen LogP contribution is -2.45. The summed E-state index contributed by atoms with van der Waals surface area (Å²) in [7, 11) is 0. The van der Waals surface area contributed by atoms with Crippen molar-refractivity contribution in [1.29, 1.82) is 0 Å². The highest BCUT2D eigenvalue weighted by molar-refractivity contribution is 7.98. The van der Waals surface area contributed by atoms with Crippen LogP contribution in [0.25, 0.3) is 0 Å². The Morgan fingerprint density at radius 3 is 2.41 bits per heavy atom. The Morgan fingerprint density at radius 2 is 1.94 bits per heavy atom. The number of carbonyl (C=O) groups excluding carboxylic acids is 1. The van der Waals surface area contributed by atoms with E-state index in [1.807, 2.05) is 13.8 Å². The lowest BCUT2D eigenvalue weighted by molar-refractivity contribution is -0.120. The zero-order chi connectivity index (χ0) is 12.9. The van der Waals surface area contributed by atoms with Crippen molar-refractivity contribution in [3.05, 3.63) is 29.8 Å². The van der Waals surface area contributed by atoms with Gasteiger partial charge in [-0.2, -0.15) is 0 Å². The van der Waals surface area contributed by atoms with Gasteiger partial charge in [0.15, 0.2) is 0 Å². The van der Waals surface area contributed by atoms with Crippen molar-refractivity contribution in [1.82, 2.24) is 5.32 Å². The standard InChI is InChI=1S/C13H18ClNOS/c1-13(2,15-12(16)9-14)8-10-4-6-11(17-3)7-5-10/h4-7H,8-9H2,1-3H3,(H,15,16). The Kier molecular flexibility index (Phi) is 5.34. The van der Waals surface area contributed by atoms with Gasteiger partial charge in [-0.3, -0.25) is 4.79 Å². The van der Waals surface area contributed by atoms with E-state index in [4.69, 9.17) is 11.6 Å². The van der Waals surface area contributed by atoms with Crippen LogP contribution in [0.4, 0.5) is 0 Å². The number of hydrogen-bond donors (Lipinski definition) is 1. The maximum absolute atomic E-state index is 11.3. The number of hydrogen-bond acceptors (Lipinski definition) is 2. The first-order valence-electron chi connectivity index (χ1n) is 5.47. The molecule has 1 rings (SSSR count). The number of thioether (sulfide) groups is 1. The van der Waals surface area contributed by atoms with Crippen molar-refractivity contribution in [3.63, 3.8) is 0 Å². The summed E-state index contributed by atoms with van der Waals surface area (Å²) < 4.78 is 0. The summed E-state index contributed by atoms with van der Waals surface area (Å²) in [4.78, 5) is 12.5. The molecule has 0 spiro atoms. The molecule has 1 amide bonds. The molecule has 1 N–H and O–H groups in total. The minimum Gasteiger partial charge on any atom is -0.350 e. The number of benzene rings is 1. The molecule has 0 heterocycles. The fourth-order valence-corrected chi connectivity index (χ4v) is 2.18. The van der Waals surface area contributed by atoms with Crippen LogP contribution >= 0.6 is 23.4 Å². The second-order valence-corrected chi connectivity index (χ2v) is 5.74. The molecule has 0 fully saturated rings. The van der Waals surface area contributed by atoms with Crippen LogP contribution in [0, 0.1) is 0 Å². The maximum Gasteiger partial charge on any atom is 0.235 e. The third-order valence-corrected chi connectivity index (χ3v) is 3.39. The van der Waals surface area contributed by atoms with E-state index in [1.54, 1.807) is 11.8 Å². The van der Waals surface area contributed by atoms with Gasteiger partial charge >= 0.3 is 0 Å². The van der Waals surface area contributed by atoms with Gasteiger partial charge in [0, 0.05) is 10.4 Å². The van der Waals surface area contributed by atoms with E-state index in [-0.39, 0.29) is 17.3 Å². The van der Waals surface area contributed by atoms with Crippen molar-refractivity contribution in [2.24, 2.45) is 0 Å². The topological polar surface area (TPSA) is 29.1 Å². The second-order valence-electron chi connectivity index (χ2n) is 4.59. The Bertz CT molecular complexity index is 376. The van der Waals surface area contributed by atoms with E-state index in [0.717, 1.165) is 6.42 Å². The van der Waals surface area contributed by atoms with Crippen LogP contribution in [0.3, 0.4) is 0 Å². The van der Waals surface area contributed by atoms with Gasteiger partial charge in [0.25, 0.3) is 0 Å². The zero-order valence-electron chi connectivity index (χ0n) is 10.4. The molecule has 1 aromatic rings. The van der Waals surface area contributed by atoms with E-state index in [2.05, 4.69) is 35.8 Å². The number of rotatable bonds is 5. The Morgan fingerprint density at radius 1 is 1.35 bits per heavy atom. The summed E-state index contributed by atoms with van der Waals surface area (Å²) in [5.41, 5.74) is 0.940. The van der Waals surface area contributed by atoms with Gasteiger partial charge in [0.05, 0.1) is 0 Å². The highest BCUT2D eigenvalue weighted by atomic mass is 35.5. The molecule has 17 heavy (non-hydrogen) atoms. The van der Waals surface area contributed by atoms with E-state index in [0.29, 0.717) is 0 Å². The normalized spacial score (nSPS) is 11.3. The molecule has 0 bridgehead atoms. The summed E-state index contributed by atoms with van der Waals surface area (Å²) in [5, 5.41) is 2.91. The van der Waals surface area contributed by atoms with Crippen LogP contribution in [0.2, 0.25) is 0 Å². The van der Waals surface area contributed by atoms with Crippen LogP contribution in [0.1, 0.15) is 19.4 Å². The number of halogens is 1. The molecule has 94 valence electrons. The van der Waals surface area contributed by atoms with Crippen molar-refractivity contribution >= 4 is 29.3 Å². The minimum atomic E-state index is -0.271. The largest absolute Gasteiger partial charge is 0.350 e. The van der Waals surface area contributed by atoms with Crippen LogP contribution in [-0.2, 0) is 11.2 Å². The van der Waals surface area contributed by atoms with E-state index < -0.39 is 0 Å². The number of nitrogens with one attached hydrogen (secondary N) is 1. The first kappa shape index (κ1) is 14.4. The van der Waals surface area contributed by atoms with Gasteiger partial charge < -0.3 is 5.32 Å². The van der Waals surface area contributed by atoms with Crippen molar-refractivity contribution in [2.75, 3.05) is 12.1 Å². The molecular weight excluding hydrogens is 254 g/mol. The molecule has 0 saturated carbocycles. The fourth-order valence-electron chi connectivity index (χ4n) is 1.71. The predicted molar refractivity (Wildman–Crippen MR) is 74.9 cm³/mol. The molecule has 0 aromatic heterocycles. The summed E-state index contributed by atoms with van der Waals surface area (Å²) in [6, 6.07) is 8.39. The Labute approximate surface area is 112 Å². The maximum atomic E-state index is 11.3. The smallest absolute Gasteiger partial charge is 0.235 e. The van der Waals surface area contributed by atoms with Gasteiger partial charge in [-0.15, -0.1) is 23.4 Å². The van der Waals surface area contributed by atoms with Gasteiger partial charge in [-0.25, -0.2) is 0 Å². The first-order valence-corrected chi connectivity index (χ1v) is 7.23. The molecular formula is C13H18ClNOS. The minimum absolute atomic E-state index is 0.00877. The van der Waals surface area contributed by atoms with E-state index in [9.17, 15) is 4.79 Å². The second kappa shape index (κ2) is 6.31. The van der Waals surface area contributed by atoms with E-state index in [1.165, 1.54) is 10.5 Å². The quantitative estimate of drug-likeness (QED) is 0.659. The predicted octanol–water partition coefficient (Wildman–Crippen LogP) is 3.08. The summed E-state index contributed by atoms with van der Waals surface area (Å²) in [6.45, 7) is 4.00. The fraction of sp³-hybridized carbons (Fsp3) is 0.462. The summed E-state index contributed by atoms with van der Waals surface area (Å²) >= 11 is 7.21. The molecule has 0 radical (unpaired) electrons. The Hall–Kier alpha value is -0.670. The van der Waals surface area contributed by atoms with Gasteiger partial charge in [-0.1, -0.05) is 12.1 Å². The van der Waals surface area contributed by atoms with Gasteiger partial charge in [0.2, 0.25) is 5.91 Å². The third-order valence-electron chi connectivity index (χ3n) is 2.40. The summed E-state index contributed by atoms with van der Waals surface area (Å²) in [5.74, 6) is -0.119. The lowest BCUT2D eigenvalue weighted by Gasteiger charge is -2.26. The monoisotopic (exact) mass is 271 g/mol. The average molecular weight is 272 g/mol. The van der Waals surface area contributed by atoms with Gasteiger partial charge in [-0.05, 0) is 44.2 Å². The average Bonchev–Trinajstić information content (AvgIpc) is 2.28. The first-order chi connectivity index (χ1) is 7.96. The lowest BCUT2D eigenvalue weighted by atomic mass is 9.95. The Balaban J connectivity index is 2.65. The van der Waals surface area contributed by atoms with Crippen LogP contribution in [-0.4, -0.2) is 23.6 Å². The third kappa shape index (κ3) is 5.00. The molecule has 0 atom stereocenters. The number of amides is 1. The van der Waals surface area contributed by atoms with Crippen LogP contribution in [0.15, 0.2) is 29.2 Å². The molecule has 0 saturated heterocycles. The molecule has 0 aliphatic heterocycles. The zero-order valence-corrected chi connectivity index (χ0v) is 12.0. The SMILES string of the molecule is CSc1ccc(CC(C)(C)NC(=O)CCl)cc1. The highest BCUT2D eigenvalue weighted by Crippen LogP contribution is 2.18. The van der Waals surface area contributed by atoms with Crippen LogP contribution in [0.5, 0.6) is 0 Å². The molecule has 0 unspecified atom stereocenters. The molecule has 0 aliphatic carbocycles. The van der Waals surface area contributed by atoms with Gasteiger partial charge in [0.1, 0.15) is 5.88 Å². The van der Waals surface area contributed by atoms with Crippen LogP contribution < -0.4 is 5.32 Å². The van der Waals surface area contributed by atoms with Crippen molar-refractivity contribution in [2.45, 2.75) is 30.7 Å². The number of alkyl halides is 1. The van der Waals surface area contributed by atoms with Crippen molar-refractivity contribution < 1.29 is 4.79 Å². The molecule has 2 nitrogen and oxygen atoms in total. The molecule has 4 heteroatoms.